The third-order valence-electron chi connectivity index (χ3n) is 4.27. The van der Waals surface area contributed by atoms with Crippen molar-refractivity contribution in [1.29, 1.82) is 0 Å². The van der Waals surface area contributed by atoms with Crippen LogP contribution in [0, 0.1) is 0 Å². The standard InChI is InChI=1S/C18H17BrF2N2O4S/c19-14-4-2-6-16(12-14)28(25,26)23-9-7-22(8-10-23)17(24)13-3-1-5-15(11-13)27-18(20)21/h1-6,11-12,18H,7-10H2. The number of rotatable bonds is 5. The molecule has 1 saturated heterocycles. The van der Waals surface area contributed by atoms with Crippen LogP contribution in [0.4, 0.5) is 8.78 Å². The van der Waals surface area contributed by atoms with Gasteiger partial charge in [-0.1, -0.05) is 28.1 Å². The largest absolute Gasteiger partial charge is 0.435 e. The molecule has 0 radical (unpaired) electrons. The van der Waals surface area contributed by atoms with Crippen molar-refractivity contribution in [3.8, 4) is 5.75 Å². The van der Waals surface area contributed by atoms with Crippen molar-refractivity contribution in [2.75, 3.05) is 26.2 Å². The van der Waals surface area contributed by atoms with Crippen molar-refractivity contribution >= 4 is 31.9 Å². The second-order valence-electron chi connectivity index (χ2n) is 6.06. The Labute approximate surface area is 169 Å². The number of halogens is 3. The van der Waals surface area contributed by atoms with Gasteiger partial charge in [0.1, 0.15) is 5.75 Å². The maximum Gasteiger partial charge on any atom is 0.387 e. The fourth-order valence-corrected chi connectivity index (χ4v) is 4.92. The van der Waals surface area contributed by atoms with E-state index in [0.29, 0.717) is 4.47 Å². The summed E-state index contributed by atoms with van der Waals surface area (Å²) in [4.78, 5) is 14.3. The molecule has 0 unspecified atom stereocenters. The fourth-order valence-electron chi connectivity index (χ4n) is 2.90. The van der Waals surface area contributed by atoms with Crippen molar-refractivity contribution in [2.24, 2.45) is 0 Å². The van der Waals surface area contributed by atoms with Crippen molar-refractivity contribution in [2.45, 2.75) is 11.5 Å². The van der Waals surface area contributed by atoms with E-state index >= 15 is 0 Å². The molecule has 3 rings (SSSR count). The van der Waals surface area contributed by atoms with Crippen LogP contribution >= 0.6 is 15.9 Å². The summed E-state index contributed by atoms with van der Waals surface area (Å²) in [7, 11) is -3.66. The summed E-state index contributed by atoms with van der Waals surface area (Å²) in [6.07, 6.45) is 0. The van der Waals surface area contributed by atoms with Crippen molar-refractivity contribution in [3.05, 3.63) is 58.6 Å². The van der Waals surface area contributed by atoms with Gasteiger partial charge < -0.3 is 9.64 Å². The third-order valence-corrected chi connectivity index (χ3v) is 6.65. The third kappa shape index (κ3) is 4.68. The van der Waals surface area contributed by atoms with Gasteiger partial charge >= 0.3 is 6.61 Å². The molecule has 0 saturated carbocycles. The highest BCUT2D eigenvalue weighted by Gasteiger charge is 2.30. The molecule has 1 aliphatic rings. The lowest BCUT2D eigenvalue weighted by atomic mass is 10.1. The van der Waals surface area contributed by atoms with Gasteiger partial charge in [0, 0.05) is 36.2 Å². The van der Waals surface area contributed by atoms with Crippen LogP contribution < -0.4 is 4.74 Å². The van der Waals surface area contributed by atoms with Crippen LogP contribution in [0.2, 0.25) is 0 Å². The molecule has 150 valence electrons. The zero-order valence-electron chi connectivity index (χ0n) is 14.6. The lowest BCUT2D eigenvalue weighted by molar-refractivity contribution is -0.0499. The molecule has 6 nitrogen and oxygen atoms in total. The van der Waals surface area contributed by atoms with E-state index in [2.05, 4.69) is 20.7 Å². The SMILES string of the molecule is O=C(c1cccc(OC(F)F)c1)N1CCN(S(=O)(=O)c2cccc(Br)c2)CC1. The summed E-state index contributed by atoms with van der Waals surface area (Å²) in [5.41, 5.74) is 0.210. The minimum absolute atomic E-state index is 0.100. The molecular formula is C18H17BrF2N2O4S. The lowest BCUT2D eigenvalue weighted by Gasteiger charge is -2.34. The first-order chi connectivity index (χ1) is 13.3. The van der Waals surface area contributed by atoms with Crippen molar-refractivity contribution in [1.82, 2.24) is 9.21 Å². The molecule has 1 aliphatic heterocycles. The van der Waals surface area contributed by atoms with E-state index in [-0.39, 0.29) is 48.3 Å². The number of piperazine rings is 1. The van der Waals surface area contributed by atoms with Gasteiger partial charge in [-0.3, -0.25) is 4.79 Å². The molecule has 0 aliphatic carbocycles. The maximum atomic E-state index is 12.7. The van der Waals surface area contributed by atoms with Gasteiger partial charge in [0.15, 0.2) is 0 Å². The Morgan fingerprint density at radius 3 is 2.36 bits per heavy atom. The Bertz CT molecular complexity index is 964. The number of nitrogens with zero attached hydrogens (tertiary/aromatic N) is 2. The van der Waals surface area contributed by atoms with Gasteiger partial charge in [-0.2, -0.15) is 13.1 Å². The second kappa shape index (κ2) is 8.54. The minimum Gasteiger partial charge on any atom is -0.435 e. The number of carbonyl (C=O) groups excluding carboxylic acids is 1. The number of amides is 1. The monoisotopic (exact) mass is 474 g/mol. The predicted octanol–water partition coefficient (Wildman–Crippen LogP) is 3.20. The molecule has 0 aromatic heterocycles. The van der Waals surface area contributed by atoms with Gasteiger partial charge in [-0.25, -0.2) is 8.42 Å². The topological polar surface area (TPSA) is 66.9 Å². The highest BCUT2D eigenvalue weighted by molar-refractivity contribution is 9.10. The molecule has 28 heavy (non-hydrogen) atoms. The summed E-state index contributed by atoms with van der Waals surface area (Å²) >= 11 is 3.26. The number of carbonyl (C=O) groups is 1. The average Bonchev–Trinajstić information content (AvgIpc) is 2.67. The van der Waals surface area contributed by atoms with Gasteiger partial charge in [0.05, 0.1) is 4.90 Å². The zero-order chi connectivity index (χ0) is 20.3. The quantitative estimate of drug-likeness (QED) is 0.667. The number of hydrogen-bond acceptors (Lipinski definition) is 4. The Kier molecular flexibility index (Phi) is 6.31. The van der Waals surface area contributed by atoms with Crippen LogP contribution in [0.1, 0.15) is 10.4 Å². The molecule has 0 N–H and O–H groups in total. The lowest BCUT2D eigenvalue weighted by Crippen LogP contribution is -2.50. The smallest absolute Gasteiger partial charge is 0.387 e. The van der Waals surface area contributed by atoms with Crippen molar-refractivity contribution < 1.29 is 26.7 Å². The molecule has 10 heteroatoms. The highest BCUT2D eigenvalue weighted by Crippen LogP contribution is 2.22. The summed E-state index contributed by atoms with van der Waals surface area (Å²) < 4.78 is 56.5. The van der Waals surface area contributed by atoms with Gasteiger partial charge in [0.2, 0.25) is 10.0 Å². The highest BCUT2D eigenvalue weighted by atomic mass is 79.9. The zero-order valence-corrected chi connectivity index (χ0v) is 17.0. The molecule has 0 spiro atoms. The first-order valence-corrected chi connectivity index (χ1v) is 10.6. The molecule has 0 bridgehead atoms. The number of benzene rings is 2. The van der Waals surface area contributed by atoms with Crippen LogP contribution in [0.15, 0.2) is 57.9 Å². The van der Waals surface area contributed by atoms with Crippen LogP contribution in [0.25, 0.3) is 0 Å². The average molecular weight is 475 g/mol. The molecule has 0 atom stereocenters. The van der Waals surface area contributed by atoms with E-state index in [1.807, 2.05) is 0 Å². The van der Waals surface area contributed by atoms with E-state index in [0.717, 1.165) is 0 Å². The van der Waals surface area contributed by atoms with Crippen LogP contribution in [0.5, 0.6) is 5.75 Å². The Morgan fingerprint density at radius 2 is 1.71 bits per heavy atom. The number of hydrogen-bond donors (Lipinski definition) is 0. The summed E-state index contributed by atoms with van der Waals surface area (Å²) in [5.74, 6) is -0.462. The Balaban J connectivity index is 1.67. The molecule has 2 aromatic carbocycles. The molecular weight excluding hydrogens is 458 g/mol. The predicted molar refractivity (Wildman–Crippen MR) is 102 cm³/mol. The summed E-state index contributed by atoms with van der Waals surface area (Å²) in [6.45, 7) is -2.28. The van der Waals surface area contributed by atoms with Crippen LogP contribution in [-0.2, 0) is 10.0 Å². The van der Waals surface area contributed by atoms with E-state index in [9.17, 15) is 22.0 Å². The second-order valence-corrected chi connectivity index (χ2v) is 8.91. The normalized spacial score (nSPS) is 15.6. The summed E-state index contributed by atoms with van der Waals surface area (Å²) in [6, 6.07) is 12.0. The molecule has 2 aromatic rings. The minimum atomic E-state index is -3.66. The van der Waals surface area contributed by atoms with Gasteiger partial charge in [0.25, 0.3) is 5.91 Å². The van der Waals surface area contributed by atoms with Crippen LogP contribution in [-0.4, -0.2) is 56.3 Å². The van der Waals surface area contributed by atoms with E-state index in [4.69, 9.17) is 0 Å². The first kappa shape index (κ1) is 20.7. The van der Waals surface area contributed by atoms with Gasteiger partial charge in [-0.15, -0.1) is 0 Å². The van der Waals surface area contributed by atoms with Crippen molar-refractivity contribution in [3.63, 3.8) is 0 Å². The van der Waals surface area contributed by atoms with E-state index in [1.54, 1.807) is 12.1 Å². The number of ether oxygens (including phenoxy) is 1. The fraction of sp³-hybridized carbons (Fsp3) is 0.278. The van der Waals surface area contributed by atoms with Gasteiger partial charge in [-0.05, 0) is 36.4 Å². The molecule has 1 amide bonds. The molecule has 1 fully saturated rings. The first-order valence-electron chi connectivity index (χ1n) is 8.37. The molecule has 1 heterocycles. The Hall–Kier alpha value is -2.04. The van der Waals surface area contributed by atoms with E-state index < -0.39 is 16.6 Å². The Morgan fingerprint density at radius 1 is 1.04 bits per heavy atom. The number of alkyl halides is 2. The summed E-state index contributed by atoms with van der Waals surface area (Å²) in [5, 5.41) is 0. The number of sulfonamides is 1. The maximum absolute atomic E-state index is 12.7. The van der Waals surface area contributed by atoms with E-state index in [1.165, 1.54) is 45.6 Å². The van der Waals surface area contributed by atoms with Crippen LogP contribution in [0.3, 0.4) is 0 Å².